The third-order valence-corrected chi connectivity index (χ3v) is 17.6. The van der Waals surface area contributed by atoms with Gasteiger partial charge in [0, 0.05) is 161 Å². The van der Waals surface area contributed by atoms with E-state index in [1.807, 2.05) is 183 Å². The number of pyridine rings is 1. The Balaban J connectivity index is 0.000000313. The number of aliphatic imine (C=N–C) groups is 5. The fraction of sp³-hybridized carbons (Fsp3) is 0.398. The second kappa shape index (κ2) is 83.1. The van der Waals surface area contributed by atoms with Gasteiger partial charge in [-0.15, -0.1) is 0 Å². The van der Waals surface area contributed by atoms with E-state index >= 15 is 0 Å². The summed E-state index contributed by atoms with van der Waals surface area (Å²) in [5, 5.41) is 25.9. The third kappa shape index (κ3) is 71.2. The highest BCUT2D eigenvalue weighted by molar-refractivity contribution is 7.99. The molecular weight excluding hydrogens is 1450 g/mol. The Kier molecular flexibility index (Phi) is 71.4. The Labute approximate surface area is 692 Å². The van der Waals surface area contributed by atoms with E-state index in [0.717, 1.165) is 90.5 Å². The molecule has 16 heterocycles. The molecule has 3 saturated carbocycles. The summed E-state index contributed by atoms with van der Waals surface area (Å²) >= 11 is 2.07. The van der Waals surface area contributed by atoms with Gasteiger partial charge in [-0.05, 0) is 155 Å². The minimum Gasteiger partial charge on any atom is -0.381 e. The summed E-state index contributed by atoms with van der Waals surface area (Å²) in [5.41, 5.74) is 2.85. The number of dihydropyridines is 1. The zero-order valence-corrected chi connectivity index (χ0v) is 69.1. The second-order valence-electron chi connectivity index (χ2n) is 26.0. The van der Waals surface area contributed by atoms with E-state index in [4.69, 9.17) is 14.2 Å². The standard InChI is InChI=1S/C8H7N.C7H12O.C6H7N.C6H6.C5H5N.2C5H6.C4H9NO.C4H9N.5C4H5N.C4H8O.C4H8S.2C4H8.C3H4N2.2C2H3N3/c1-2-4-8-7(3-1)5-6-9-8;1-2-4-7(3-1)5-8-6-7;1-6-4-2-3-5-7-6;2*1-2-4-6-5-3-1;2*1-2-4-5-3-1;1-3-6-4-2-5-1;8*1-2-4-5-3-1;2*1-2-4-3-1;1-2-5-3-4-1;1-3-2-5-4-1;1-2-4-5-3-1/h1-6,9H;1-6H2;2-5,7H,1H2;1-6H;1-5H;2*1-4H,5H2;5H,1-4H2;5H,1-4H2;3*1,3-4H,2H2;2*1-5H;2*1-4H2;2*1-4H2;1-2H,3H2;2*1-2H,(H,3,4,5). The van der Waals surface area contributed by atoms with E-state index in [-0.39, 0.29) is 0 Å². The fourth-order valence-electron chi connectivity index (χ4n) is 9.41. The lowest BCUT2D eigenvalue weighted by atomic mass is 9.85. The van der Waals surface area contributed by atoms with Crippen molar-refractivity contribution in [2.24, 2.45) is 30.4 Å². The molecule has 2 aromatic carbocycles. The maximum Gasteiger partial charge on any atom is 0.137 e. The van der Waals surface area contributed by atoms with Crippen LogP contribution < -0.4 is 16.0 Å². The molecule has 0 radical (unpaired) electrons. The number of allylic oxidation sites excluding steroid dienone is 14. The average Bonchev–Trinajstić information content (AvgIpc) is 1.73. The van der Waals surface area contributed by atoms with Crippen molar-refractivity contribution in [1.29, 1.82) is 0 Å². The van der Waals surface area contributed by atoms with Crippen LogP contribution in [0.4, 0.5) is 0 Å². The maximum absolute atomic E-state index is 5.16. The van der Waals surface area contributed by atoms with Crippen LogP contribution in [0.5, 0.6) is 0 Å². The first kappa shape index (κ1) is 98.9. The van der Waals surface area contributed by atoms with Gasteiger partial charge in [0.25, 0.3) is 0 Å². The molecule has 8 fully saturated rings. The van der Waals surface area contributed by atoms with Crippen molar-refractivity contribution in [2.75, 3.05) is 84.0 Å². The number of nitrogens with one attached hydrogen (secondary N) is 8. The van der Waals surface area contributed by atoms with E-state index in [1.54, 1.807) is 55.8 Å². The van der Waals surface area contributed by atoms with E-state index in [0.29, 0.717) is 12.1 Å². The van der Waals surface area contributed by atoms with Crippen LogP contribution >= 0.6 is 11.8 Å². The topological polar surface area (TPSA) is 269 Å². The Morgan fingerprint density at radius 1 is 0.409 bits per heavy atom. The van der Waals surface area contributed by atoms with Crippen LogP contribution in [-0.4, -0.2) is 166 Å². The maximum atomic E-state index is 5.16. The van der Waals surface area contributed by atoms with Crippen molar-refractivity contribution in [1.82, 2.24) is 66.5 Å². The van der Waals surface area contributed by atoms with Crippen LogP contribution in [0.25, 0.3) is 10.9 Å². The van der Waals surface area contributed by atoms with Crippen molar-refractivity contribution in [3.8, 4) is 0 Å². The molecular formula is C93H134N18O3S. The van der Waals surface area contributed by atoms with Gasteiger partial charge >= 0.3 is 0 Å². The number of aromatic amines is 5. The van der Waals surface area contributed by atoms with Crippen molar-refractivity contribution >= 4 is 53.7 Å². The molecule has 15 aliphatic rings. The lowest BCUT2D eigenvalue weighted by Crippen LogP contribution is -2.39. The Bertz CT molecular complexity index is 3060. The minimum absolute atomic E-state index is 0.639. The summed E-state index contributed by atoms with van der Waals surface area (Å²) in [7, 11) is 0. The summed E-state index contributed by atoms with van der Waals surface area (Å²) in [6.45, 7) is 14.8. The molecule has 115 heavy (non-hydrogen) atoms. The number of hydrogen-bond acceptors (Lipinski definition) is 17. The van der Waals surface area contributed by atoms with Crippen molar-refractivity contribution < 1.29 is 14.2 Å². The van der Waals surface area contributed by atoms with Gasteiger partial charge in [0.05, 0.1) is 38.8 Å². The molecule has 1 spiro atoms. The summed E-state index contributed by atoms with van der Waals surface area (Å²) < 4.78 is 15.1. The second-order valence-corrected chi connectivity index (χ2v) is 27.3. The first-order valence-electron chi connectivity index (χ1n) is 41.0. The van der Waals surface area contributed by atoms with Crippen LogP contribution in [0.1, 0.15) is 148 Å². The normalized spacial score (nSPS) is 17.0. The number of hydrogen-bond donors (Lipinski definition) is 8. The number of thioether (sulfide) groups is 1. The molecule has 22 heteroatoms. The predicted molar refractivity (Wildman–Crippen MR) is 489 cm³/mol. The van der Waals surface area contributed by atoms with Gasteiger partial charge in [0.2, 0.25) is 0 Å². The number of nitrogens with zero attached hydrogens (tertiary/aromatic N) is 10. The number of benzene rings is 2. The molecule has 620 valence electrons. The Hall–Kier alpha value is -10.3. The van der Waals surface area contributed by atoms with Crippen molar-refractivity contribution in [3.05, 3.63) is 300 Å². The van der Waals surface area contributed by atoms with Gasteiger partial charge in [0.15, 0.2) is 0 Å². The molecule has 10 aliphatic heterocycles. The quantitative estimate of drug-likeness (QED) is 0.0704. The van der Waals surface area contributed by atoms with Gasteiger partial charge in [-0.25, -0.2) is 4.98 Å². The Morgan fingerprint density at radius 3 is 1.11 bits per heavy atom. The number of rotatable bonds is 0. The van der Waals surface area contributed by atoms with Crippen LogP contribution in [0, 0.1) is 5.41 Å². The summed E-state index contributed by atoms with van der Waals surface area (Å²) in [5.74, 6) is 2.83. The van der Waals surface area contributed by atoms with Gasteiger partial charge in [-0.3, -0.25) is 35.0 Å². The third-order valence-electron chi connectivity index (χ3n) is 16.4. The number of morpholine rings is 1. The van der Waals surface area contributed by atoms with E-state index in [9.17, 15) is 0 Å². The smallest absolute Gasteiger partial charge is 0.137 e. The number of para-hydroxylation sites is 1. The molecule has 0 unspecified atom stereocenters. The number of ether oxygens (including phenoxy) is 3. The number of H-pyrrole nitrogens is 5. The highest BCUT2D eigenvalue weighted by Crippen LogP contribution is 2.43. The Morgan fingerprint density at radius 2 is 0.904 bits per heavy atom. The zero-order valence-electron chi connectivity index (χ0n) is 68.3. The van der Waals surface area contributed by atoms with E-state index < -0.39 is 0 Å². The van der Waals surface area contributed by atoms with Crippen molar-refractivity contribution in [3.63, 3.8) is 0 Å². The first-order valence-corrected chi connectivity index (χ1v) is 42.2. The van der Waals surface area contributed by atoms with Crippen LogP contribution in [0.2, 0.25) is 0 Å². The fourth-order valence-corrected chi connectivity index (χ4v) is 10.4. The monoisotopic (exact) mass is 1580 g/mol. The molecule has 21 nitrogen and oxygen atoms in total. The predicted octanol–water partition coefficient (Wildman–Crippen LogP) is 20.8. The largest absolute Gasteiger partial charge is 0.381 e. The van der Waals surface area contributed by atoms with Crippen LogP contribution in [-0.2, 0) is 14.2 Å². The zero-order chi connectivity index (χ0) is 81.0. The van der Waals surface area contributed by atoms with Crippen molar-refractivity contribution in [2.45, 2.75) is 148 Å². The SMILES string of the molecule is C1=CCC=C1.C1=CCC=C1.C1=CN=CC1.C1=CN=CC1.C1=CN=CC1.C1=NCN=C1.C1CCC1.C1CCC1.C1CCC2(C1)COC2.C1CCNC1.C1CCOC1.C1CCSC1.C1COCCN1.C=C1C=CC=CN1.c1cc[nH]c1.c1cc[nH]c1.c1ccc2[nH]ccc2c1.c1ccccc1.c1ccncc1.c1cn[nH]n1.c1nc[nH]n1. The molecule has 0 atom stereocenters. The molecule has 8 aromatic rings. The van der Waals surface area contributed by atoms with Crippen LogP contribution in [0.15, 0.2) is 325 Å². The van der Waals surface area contributed by atoms with Gasteiger partial charge in [-0.2, -0.15) is 32.3 Å². The molecule has 8 N–H and O–H groups in total. The summed E-state index contributed by atoms with van der Waals surface area (Å²) in [4.78, 5) is 35.0. The molecule has 5 aliphatic carbocycles. The van der Waals surface area contributed by atoms with E-state index in [2.05, 4.69) is 177 Å². The van der Waals surface area contributed by atoms with E-state index in [1.165, 1.54) is 164 Å². The molecule has 23 rings (SSSR count). The van der Waals surface area contributed by atoms with Gasteiger partial charge in [-0.1, -0.05) is 204 Å². The first-order chi connectivity index (χ1) is 57.3. The number of aromatic nitrogens is 10. The lowest BCUT2D eigenvalue weighted by Gasteiger charge is -2.37. The average molecular weight is 1580 g/mol. The molecule has 5 saturated heterocycles. The minimum atomic E-state index is 0.639. The number of fused-ring (bicyclic) bond motifs is 1. The molecule has 0 bridgehead atoms. The van der Waals surface area contributed by atoms with Gasteiger partial charge in [0.1, 0.15) is 19.3 Å². The van der Waals surface area contributed by atoms with Gasteiger partial charge < -0.3 is 45.1 Å². The summed E-state index contributed by atoms with van der Waals surface area (Å²) in [6.07, 6.45) is 95.3. The summed E-state index contributed by atoms with van der Waals surface area (Å²) in [6, 6.07) is 35.8. The highest BCUT2D eigenvalue weighted by atomic mass is 32.2. The molecule has 0 amide bonds. The molecule has 6 aromatic heterocycles. The van der Waals surface area contributed by atoms with Crippen LogP contribution in [0.3, 0.4) is 0 Å². The lowest BCUT2D eigenvalue weighted by molar-refractivity contribution is -0.108. The highest BCUT2D eigenvalue weighted by Gasteiger charge is 2.40.